The van der Waals surface area contributed by atoms with Crippen molar-refractivity contribution in [3.63, 3.8) is 0 Å². The Kier molecular flexibility index (Phi) is 5.81. The normalized spacial score (nSPS) is 10.4. The van der Waals surface area contributed by atoms with Crippen molar-refractivity contribution in [2.45, 2.75) is 6.61 Å². The van der Waals surface area contributed by atoms with E-state index in [-0.39, 0.29) is 22.0 Å². The number of benzene rings is 2. The van der Waals surface area contributed by atoms with E-state index in [0.29, 0.717) is 11.5 Å². The number of ether oxygens (including phenoxy) is 3. The van der Waals surface area contributed by atoms with Gasteiger partial charge in [0, 0.05) is 6.07 Å². The molecule has 0 unspecified atom stereocenters. The van der Waals surface area contributed by atoms with Crippen LogP contribution < -0.4 is 19.5 Å². The number of carbonyl (C=O) groups is 1. The number of rotatable bonds is 6. The summed E-state index contributed by atoms with van der Waals surface area (Å²) >= 11 is 6.03. The molecule has 0 saturated heterocycles. The lowest BCUT2D eigenvalue weighted by molar-refractivity contribution is -0.0501. The molecule has 2 aromatic rings. The second kappa shape index (κ2) is 7.83. The number of methoxy groups -OCH3 is 2. The summed E-state index contributed by atoms with van der Waals surface area (Å²) < 4.78 is 39.5. The molecule has 1 N–H and O–H groups in total. The number of anilines is 1. The van der Waals surface area contributed by atoms with Gasteiger partial charge in [-0.3, -0.25) is 4.79 Å². The number of halogens is 3. The Hall–Kier alpha value is -2.54. The van der Waals surface area contributed by atoms with Crippen molar-refractivity contribution >= 4 is 23.2 Å². The van der Waals surface area contributed by atoms with Crippen LogP contribution in [0.4, 0.5) is 14.5 Å². The van der Waals surface area contributed by atoms with Gasteiger partial charge in [-0.1, -0.05) is 23.7 Å². The molecule has 1 amide bonds. The lowest BCUT2D eigenvalue weighted by Crippen LogP contribution is -2.15. The van der Waals surface area contributed by atoms with Gasteiger partial charge >= 0.3 is 6.61 Å². The Labute approximate surface area is 142 Å². The first-order chi connectivity index (χ1) is 11.5. The molecular formula is C16H14ClF2NO4. The summed E-state index contributed by atoms with van der Waals surface area (Å²) in [5.74, 6) is -0.209. The monoisotopic (exact) mass is 357 g/mol. The number of hydrogen-bond acceptors (Lipinski definition) is 4. The first-order valence-corrected chi connectivity index (χ1v) is 7.10. The second-order valence-electron chi connectivity index (χ2n) is 4.52. The van der Waals surface area contributed by atoms with E-state index in [1.807, 2.05) is 0 Å². The van der Waals surface area contributed by atoms with E-state index < -0.39 is 12.5 Å². The van der Waals surface area contributed by atoms with Crippen LogP contribution in [0.25, 0.3) is 0 Å². The molecule has 0 aliphatic rings. The topological polar surface area (TPSA) is 56.8 Å². The quantitative estimate of drug-likeness (QED) is 0.841. The van der Waals surface area contributed by atoms with Crippen LogP contribution in [0.15, 0.2) is 36.4 Å². The summed E-state index contributed by atoms with van der Waals surface area (Å²) in [6, 6.07) is 8.60. The minimum atomic E-state index is -3.04. The Morgan fingerprint density at radius 1 is 1.08 bits per heavy atom. The highest BCUT2D eigenvalue weighted by Crippen LogP contribution is 2.36. The molecule has 0 aliphatic heterocycles. The zero-order valence-electron chi connectivity index (χ0n) is 12.8. The Morgan fingerprint density at radius 3 is 2.38 bits per heavy atom. The Morgan fingerprint density at radius 2 is 1.75 bits per heavy atom. The molecule has 0 radical (unpaired) electrons. The standard InChI is InChI=1S/C16H14ClF2NO4/c1-22-13-8-14(23-2)11(7-10(13)17)20-15(21)9-5-3-4-6-12(9)24-16(18)19/h3-8,16H,1-2H3,(H,20,21). The van der Waals surface area contributed by atoms with Gasteiger partial charge in [0.25, 0.3) is 5.91 Å². The number of nitrogens with one attached hydrogen (secondary N) is 1. The van der Waals surface area contributed by atoms with Crippen LogP contribution in [-0.2, 0) is 0 Å². The zero-order chi connectivity index (χ0) is 17.7. The Balaban J connectivity index is 2.32. The van der Waals surface area contributed by atoms with Gasteiger partial charge in [0.05, 0.1) is 30.5 Å². The molecular weight excluding hydrogens is 344 g/mol. The smallest absolute Gasteiger partial charge is 0.387 e. The number of hydrogen-bond donors (Lipinski definition) is 1. The summed E-state index contributed by atoms with van der Waals surface area (Å²) in [4.78, 5) is 12.4. The number of alkyl halides is 2. The maximum absolute atomic E-state index is 12.4. The van der Waals surface area contributed by atoms with E-state index in [4.69, 9.17) is 21.1 Å². The maximum Gasteiger partial charge on any atom is 0.387 e. The molecule has 2 aromatic carbocycles. The molecule has 0 fully saturated rings. The molecule has 0 bridgehead atoms. The zero-order valence-corrected chi connectivity index (χ0v) is 13.6. The van der Waals surface area contributed by atoms with Crippen molar-refractivity contribution in [1.29, 1.82) is 0 Å². The van der Waals surface area contributed by atoms with Crippen LogP contribution in [0.3, 0.4) is 0 Å². The van der Waals surface area contributed by atoms with Gasteiger partial charge in [-0.05, 0) is 18.2 Å². The van der Waals surface area contributed by atoms with E-state index in [1.165, 1.54) is 50.6 Å². The summed E-state index contributed by atoms with van der Waals surface area (Å²) in [7, 11) is 2.85. The molecule has 128 valence electrons. The maximum atomic E-state index is 12.4. The highest BCUT2D eigenvalue weighted by Gasteiger charge is 2.18. The van der Waals surface area contributed by atoms with Crippen LogP contribution in [0.2, 0.25) is 5.02 Å². The van der Waals surface area contributed by atoms with E-state index in [1.54, 1.807) is 0 Å². The van der Waals surface area contributed by atoms with Gasteiger partial charge in [0.15, 0.2) is 0 Å². The second-order valence-corrected chi connectivity index (χ2v) is 4.92. The van der Waals surface area contributed by atoms with Crippen LogP contribution >= 0.6 is 11.6 Å². The van der Waals surface area contributed by atoms with E-state index >= 15 is 0 Å². The van der Waals surface area contributed by atoms with Gasteiger partial charge in [-0.25, -0.2) is 0 Å². The summed E-state index contributed by atoms with van der Waals surface area (Å²) in [5.41, 5.74) is 0.215. The van der Waals surface area contributed by atoms with Gasteiger partial charge in [0.1, 0.15) is 17.2 Å². The fraction of sp³-hybridized carbons (Fsp3) is 0.188. The number of para-hydroxylation sites is 1. The highest BCUT2D eigenvalue weighted by molar-refractivity contribution is 6.32. The highest BCUT2D eigenvalue weighted by atomic mass is 35.5. The first kappa shape index (κ1) is 17.8. The largest absolute Gasteiger partial charge is 0.495 e. The molecule has 0 spiro atoms. The van der Waals surface area contributed by atoms with E-state index in [9.17, 15) is 13.6 Å². The van der Waals surface area contributed by atoms with Crippen molar-refractivity contribution in [2.24, 2.45) is 0 Å². The molecule has 0 aliphatic carbocycles. The van der Waals surface area contributed by atoms with Crippen LogP contribution in [-0.4, -0.2) is 26.7 Å². The predicted molar refractivity (Wildman–Crippen MR) is 85.6 cm³/mol. The van der Waals surface area contributed by atoms with Crippen LogP contribution in [0, 0.1) is 0 Å². The lowest BCUT2D eigenvalue weighted by Gasteiger charge is -2.14. The molecule has 0 heterocycles. The van der Waals surface area contributed by atoms with Gasteiger partial charge < -0.3 is 19.5 Å². The molecule has 24 heavy (non-hydrogen) atoms. The van der Waals surface area contributed by atoms with E-state index in [0.717, 1.165) is 0 Å². The molecule has 0 aromatic heterocycles. The van der Waals surface area contributed by atoms with Crippen molar-refractivity contribution in [2.75, 3.05) is 19.5 Å². The third-order valence-electron chi connectivity index (χ3n) is 3.07. The van der Waals surface area contributed by atoms with Gasteiger partial charge in [-0.15, -0.1) is 0 Å². The minimum Gasteiger partial charge on any atom is -0.495 e. The fourth-order valence-corrected chi connectivity index (χ4v) is 2.24. The average Bonchev–Trinajstić information content (AvgIpc) is 2.55. The lowest BCUT2D eigenvalue weighted by atomic mass is 10.1. The van der Waals surface area contributed by atoms with Crippen LogP contribution in [0.1, 0.15) is 10.4 Å². The van der Waals surface area contributed by atoms with Crippen molar-refractivity contribution in [3.05, 3.63) is 47.0 Å². The minimum absolute atomic E-state index is 0.0493. The van der Waals surface area contributed by atoms with Gasteiger partial charge in [-0.2, -0.15) is 8.78 Å². The molecule has 0 atom stereocenters. The summed E-state index contributed by atoms with van der Waals surface area (Å²) in [6.07, 6.45) is 0. The van der Waals surface area contributed by atoms with Crippen LogP contribution in [0.5, 0.6) is 17.2 Å². The van der Waals surface area contributed by atoms with Crippen molar-refractivity contribution < 1.29 is 27.8 Å². The van der Waals surface area contributed by atoms with Crippen molar-refractivity contribution in [1.82, 2.24) is 0 Å². The van der Waals surface area contributed by atoms with Crippen molar-refractivity contribution in [3.8, 4) is 17.2 Å². The van der Waals surface area contributed by atoms with Gasteiger partial charge in [0.2, 0.25) is 0 Å². The SMILES string of the molecule is COc1cc(OC)c(NC(=O)c2ccccc2OC(F)F)cc1Cl. The molecule has 8 heteroatoms. The summed E-state index contributed by atoms with van der Waals surface area (Å²) in [5, 5.41) is 2.81. The number of carbonyl (C=O) groups excluding carboxylic acids is 1. The fourth-order valence-electron chi connectivity index (χ4n) is 2.00. The first-order valence-electron chi connectivity index (χ1n) is 6.73. The predicted octanol–water partition coefficient (Wildman–Crippen LogP) is 4.21. The average molecular weight is 358 g/mol. The molecule has 0 saturated carbocycles. The number of amides is 1. The third-order valence-corrected chi connectivity index (χ3v) is 3.37. The summed E-state index contributed by atoms with van der Waals surface area (Å²) in [6.45, 7) is -3.04. The third kappa shape index (κ3) is 4.05. The van der Waals surface area contributed by atoms with E-state index in [2.05, 4.69) is 10.1 Å². The molecule has 5 nitrogen and oxygen atoms in total. The Bertz CT molecular complexity index is 740. The molecule has 2 rings (SSSR count).